The number of ketones is 1. The highest BCUT2D eigenvalue weighted by atomic mass is 32.2. The molecule has 0 spiro atoms. The van der Waals surface area contributed by atoms with Crippen LogP contribution in [0, 0.1) is 13.8 Å². The van der Waals surface area contributed by atoms with Crippen molar-refractivity contribution >= 4 is 29.1 Å². The van der Waals surface area contributed by atoms with Gasteiger partial charge >= 0.3 is 0 Å². The number of para-hydroxylation sites is 1. The highest BCUT2D eigenvalue weighted by Gasteiger charge is 2.15. The van der Waals surface area contributed by atoms with E-state index >= 15 is 0 Å². The van der Waals surface area contributed by atoms with Crippen molar-refractivity contribution in [2.45, 2.75) is 19.0 Å². The number of nitrogens with one attached hydrogen (secondary N) is 1. The molecule has 0 bridgehead atoms. The fourth-order valence-electron chi connectivity index (χ4n) is 2.61. The largest absolute Gasteiger partial charge is 0.325 e. The number of carbonyl (C=O) groups excluding carboxylic acids is 2. The molecule has 0 aliphatic carbocycles. The molecule has 0 atom stereocenters. The zero-order valence-corrected chi connectivity index (χ0v) is 15.9. The molecule has 2 aromatic carbocycles. The molecule has 0 aliphatic heterocycles. The van der Waals surface area contributed by atoms with E-state index in [4.69, 9.17) is 0 Å². The lowest BCUT2D eigenvalue weighted by molar-refractivity contribution is -0.113. The molecule has 0 radical (unpaired) electrons. The minimum absolute atomic E-state index is 0.128. The Hall–Kier alpha value is -2.99. The van der Waals surface area contributed by atoms with E-state index in [-0.39, 0.29) is 17.4 Å². The second kappa shape index (κ2) is 8.60. The molecule has 0 saturated carbocycles. The van der Waals surface area contributed by atoms with E-state index in [2.05, 4.69) is 15.3 Å². The summed E-state index contributed by atoms with van der Waals surface area (Å²) in [6, 6.07) is 17.9. The molecule has 3 rings (SSSR count). The summed E-state index contributed by atoms with van der Waals surface area (Å²) >= 11 is 1.27. The van der Waals surface area contributed by atoms with Crippen molar-refractivity contribution in [3.63, 3.8) is 0 Å². The van der Waals surface area contributed by atoms with Crippen LogP contribution < -0.4 is 5.32 Å². The van der Waals surface area contributed by atoms with Crippen LogP contribution in [0.1, 0.15) is 27.3 Å². The molecule has 136 valence electrons. The molecule has 1 heterocycles. The fraction of sp³-hybridized carbons (Fsp3) is 0.143. The average molecular weight is 377 g/mol. The number of anilines is 1. The monoisotopic (exact) mass is 377 g/mol. The van der Waals surface area contributed by atoms with Gasteiger partial charge in [-0.15, -0.1) is 0 Å². The lowest BCUT2D eigenvalue weighted by Gasteiger charge is -2.10. The van der Waals surface area contributed by atoms with Gasteiger partial charge in [-0.3, -0.25) is 9.59 Å². The maximum absolute atomic E-state index is 12.7. The Morgan fingerprint density at radius 1 is 0.926 bits per heavy atom. The summed E-state index contributed by atoms with van der Waals surface area (Å²) in [5.74, 6) is -0.176. The van der Waals surface area contributed by atoms with Gasteiger partial charge in [0.15, 0.2) is 10.9 Å². The molecule has 27 heavy (non-hydrogen) atoms. The van der Waals surface area contributed by atoms with E-state index in [9.17, 15) is 9.59 Å². The second-order valence-electron chi connectivity index (χ2n) is 6.01. The van der Waals surface area contributed by atoms with E-state index in [1.165, 1.54) is 11.8 Å². The smallest absolute Gasteiger partial charge is 0.234 e. The first-order valence-corrected chi connectivity index (χ1v) is 9.45. The average Bonchev–Trinajstić information content (AvgIpc) is 2.66. The maximum atomic E-state index is 12.7. The number of hydrogen-bond acceptors (Lipinski definition) is 5. The Morgan fingerprint density at radius 3 is 2.26 bits per heavy atom. The first-order chi connectivity index (χ1) is 13.0. The van der Waals surface area contributed by atoms with Gasteiger partial charge < -0.3 is 5.32 Å². The summed E-state index contributed by atoms with van der Waals surface area (Å²) in [6.07, 6.45) is 0. The molecule has 5 nitrogen and oxygen atoms in total. The van der Waals surface area contributed by atoms with E-state index in [0.29, 0.717) is 22.0 Å². The minimum Gasteiger partial charge on any atom is -0.325 e. The SMILES string of the molecule is Cc1cc(C)nc(SCC(=O)Nc2ccccc2C(=O)c2ccccc2)n1. The summed E-state index contributed by atoms with van der Waals surface area (Å²) in [7, 11) is 0. The lowest BCUT2D eigenvalue weighted by atomic mass is 10.0. The normalized spacial score (nSPS) is 10.4. The van der Waals surface area contributed by atoms with Crippen molar-refractivity contribution in [3.05, 3.63) is 83.2 Å². The van der Waals surface area contributed by atoms with Crippen LogP contribution in [0.2, 0.25) is 0 Å². The number of aromatic nitrogens is 2. The third-order valence-electron chi connectivity index (χ3n) is 3.78. The van der Waals surface area contributed by atoms with Gasteiger partial charge in [0, 0.05) is 22.5 Å². The number of thioether (sulfide) groups is 1. The van der Waals surface area contributed by atoms with Gasteiger partial charge in [0.1, 0.15) is 0 Å². The van der Waals surface area contributed by atoms with Gasteiger partial charge in [0.2, 0.25) is 5.91 Å². The zero-order valence-electron chi connectivity index (χ0n) is 15.1. The number of hydrogen-bond donors (Lipinski definition) is 1. The van der Waals surface area contributed by atoms with Crippen molar-refractivity contribution in [2.24, 2.45) is 0 Å². The highest BCUT2D eigenvalue weighted by molar-refractivity contribution is 7.99. The molecule has 0 fully saturated rings. The summed E-state index contributed by atoms with van der Waals surface area (Å²) in [6.45, 7) is 3.79. The highest BCUT2D eigenvalue weighted by Crippen LogP contribution is 2.20. The molecule has 0 unspecified atom stereocenters. The molecule has 1 aromatic heterocycles. The predicted octanol–water partition coefficient (Wildman–Crippen LogP) is 4.06. The Bertz CT molecular complexity index is 954. The lowest BCUT2D eigenvalue weighted by Crippen LogP contribution is -2.17. The third-order valence-corrected chi connectivity index (χ3v) is 4.62. The number of carbonyl (C=O) groups is 2. The van der Waals surface area contributed by atoms with Gasteiger partial charge in [-0.2, -0.15) is 0 Å². The Kier molecular flexibility index (Phi) is 5.98. The summed E-state index contributed by atoms with van der Waals surface area (Å²) in [4.78, 5) is 33.7. The van der Waals surface area contributed by atoms with Gasteiger partial charge in [-0.05, 0) is 32.0 Å². The van der Waals surface area contributed by atoms with Crippen molar-refractivity contribution in [2.75, 3.05) is 11.1 Å². The first kappa shape index (κ1) is 18.8. The zero-order chi connectivity index (χ0) is 19.2. The number of amides is 1. The molecular formula is C21H19N3O2S. The Morgan fingerprint density at radius 2 is 1.56 bits per heavy atom. The quantitative estimate of drug-likeness (QED) is 0.398. The molecule has 1 amide bonds. The first-order valence-electron chi connectivity index (χ1n) is 8.46. The number of aryl methyl sites for hydroxylation is 2. The molecule has 0 aliphatic rings. The fourth-order valence-corrected chi connectivity index (χ4v) is 3.36. The van der Waals surface area contributed by atoms with Crippen LogP contribution in [0.3, 0.4) is 0 Å². The molecule has 1 N–H and O–H groups in total. The van der Waals surface area contributed by atoms with Crippen molar-refractivity contribution in [1.29, 1.82) is 0 Å². The Labute approximate surface area is 162 Å². The molecule has 0 saturated heterocycles. The van der Waals surface area contributed by atoms with Crippen molar-refractivity contribution < 1.29 is 9.59 Å². The molecule has 6 heteroatoms. The van der Waals surface area contributed by atoms with Gasteiger partial charge in [-0.25, -0.2) is 9.97 Å². The predicted molar refractivity (Wildman–Crippen MR) is 107 cm³/mol. The van der Waals surface area contributed by atoms with Crippen LogP contribution >= 0.6 is 11.8 Å². The second-order valence-corrected chi connectivity index (χ2v) is 6.95. The molecule has 3 aromatic rings. The van der Waals surface area contributed by atoms with Gasteiger partial charge in [0.25, 0.3) is 0 Å². The summed E-state index contributed by atoms with van der Waals surface area (Å²) in [5.41, 5.74) is 3.27. The molecular weight excluding hydrogens is 358 g/mol. The van der Waals surface area contributed by atoms with Gasteiger partial charge in [0.05, 0.1) is 11.4 Å². The van der Waals surface area contributed by atoms with E-state index in [1.54, 1.807) is 36.4 Å². The van der Waals surface area contributed by atoms with Crippen LogP contribution in [0.4, 0.5) is 5.69 Å². The van der Waals surface area contributed by atoms with Crippen molar-refractivity contribution in [3.8, 4) is 0 Å². The standard InChI is InChI=1S/C21H19N3O2S/c1-14-12-15(2)23-21(22-14)27-13-19(25)24-18-11-7-6-10-17(18)20(26)16-8-4-3-5-9-16/h3-12H,13H2,1-2H3,(H,24,25). The van der Waals surface area contributed by atoms with Crippen LogP contribution in [0.5, 0.6) is 0 Å². The summed E-state index contributed by atoms with van der Waals surface area (Å²) in [5, 5.41) is 3.39. The van der Waals surface area contributed by atoms with E-state index in [1.807, 2.05) is 38.1 Å². The van der Waals surface area contributed by atoms with Crippen LogP contribution in [-0.4, -0.2) is 27.4 Å². The third kappa shape index (κ3) is 5.01. The van der Waals surface area contributed by atoms with Crippen molar-refractivity contribution in [1.82, 2.24) is 9.97 Å². The van der Waals surface area contributed by atoms with Crippen LogP contribution in [0.15, 0.2) is 65.8 Å². The van der Waals surface area contributed by atoms with E-state index < -0.39 is 0 Å². The van der Waals surface area contributed by atoms with Crippen LogP contribution in [0.25, 0.3) is 0 Å². The Balaban J connectivity index is 1.70. The summed E-state index contributed by atoms with van der Waals surface area (Å²) < 4.78 is 0. The topological polar surface area (TPSA) is 72.0 Å². The number of rotatable bonds is 6. The number of benzene rings is 2. The van der Waals surface area contributed by atoms with E-state index in [0.717, 1.165) is 11.4 Å². The van der Waals surface area contributed by atoms with Crippen LogP contribution in [-0.2, 0) is 4.79 Å². The number of nitrogens with zero attached hydrogens (tertiary/aromatic N) is 2. The minimum atomic E-state index is -0.212. The maximum Gasteiger partial charge on any atom is 0.234 e. The van der Waals surface area contributed by atoms with Gasteiger partial charge in [-0.1, -0.05) is 54.2 Å².